The summed E-state index contributed by atoms with van der Waals surface area (Å²) in [5.41, 5.74) is -4.58. The Hall–Kier alpha value is -1.31. The van der Waals surface area contributed by atoms with Crippen LogP contribution >= 0.6 is 23.2 Å². The molecule has 0 spiro atoms. The van der Waals surface area contributed by atoms with Crippen LogP contribution in [-0.4, -0.2) is 18.2 Å². The van der Waals surface area contributed by atoms with Crippen LogP contribution in [0.3, 0.4) is 0 Å². The second-order valence-electron chi connectivity index (χ2n) is 6.76. The Bertz CT molecular complexity index is 762. The van der Waals surface area contributed by atoms with Gasteiger partial charge in [0, 0.05) is 18.6 Å². The predicted octanol–water partition coefficient (Wildman–Crippen LogP) is 4.98. The highest BCUT2D eigenvalue weighted by Crippen LogP contribution is 2.71. The molecule has 1 aliphatic rings. The quantitative estimate of drug-likeness (QED) is 0.527. The zero-order valence-corrected chi connectivity index (χ0v) is 15.6. The molecule has 1 unspecified atom stereocenters. The molecule has 0 radical (unpaired) electrons. The summed E-state index contributed by atoms with van der Waals surface area (Å²) in [6.45, 7) is 2.41. The minimum absolute atomic E-state index is 0.208. The normalized spacial score (nSPS) is 23.7. The van der Waals surface area contributed by atoms with Crippen LogP contribution in [0, 0.1) is 40.0 Å². The van der Waals surface area contributed by atoms with E-state index in [-0.39, 0.29) is 4.49 Å². The first-order valence-electron chi connectivity index (χ1n) is 7.52. The van der Waals surface area contributed by atoms with Crippen LogP contribution in [0.2, 0.25) is 0 Å². The van der Waals surface area contributed by atoms with E-state index in [4.69, 9.17) is 23.2 Å². The van der Waals surface area contributed by atoms with Gasteiger partial charge in [0.25, 0.3) is 0 Å². The van der Waals surface area contributed by atoms with Crippen molar-refractivity contribution < 1.29 is 32.2 Å². The number of halogens is 6. The van der Waals surface area contributed by atoms with E-state index in [1.807, 2.05) is 0 Å². The van der Waals surface area contributed by atoms with E-state index in [1.165, 1.54) is 6.08 Å². The molecule has 1 aromatic carbocycles. The SMILES string of the molecule is COCc1c(F)c(F)c(C[C@@]2(C(=O)O)C(C=C(Cl)Cl)C2(C)C)c(F)c1F. The van der Waals surface area contributed by atoms with Crippen molar-refractivity contribution >= 4 is 29.2 Å². The molecule has 0 amide bonds. The number of methoxy groups -OCH3 is 1. The van der Waals surface area contributed by atoms with Gasteiger partial charge in [-0.15, -0.1) is 0 Å². The second-order valence-corrected chi connectivity index (χ2v) is 7.76. The Balaban J connectivity index is 2.60. The second kappa shape index (κ2) is 7.02. The van der Waals surface area contributed by atoms with Gasteiger partial charge >= 0.3 is 5.97 Å². The maximum Gasteiger partial charge on any atom is 0.311 e. The molecule has 144 valence electrons. The van der Waals surface area contributed by atoms with Crippen LogP contribution in [0.25, 0.3) is 0 Å². The van der Waals surface area contributed by atoms with E-state index in [9.17, 15) is 27.5 Å². The van der Waals surface area contributed by atoms with Crippen LogP contribution in [0.5, 0.6) is 0 Å². The maximum absolute atomic E-state index is 14.4. The van der Waals surface area contributed by atoms with Gasteiger partial charge in [0.1, 0.15) is 4.49 Å². The third kappa shape index (κ3) is 3.00. The maximum atomic E-state index is 14.4. The number of hydrogen-bond acceptors (Lipinski definition) is 2. The van der Waals surface area contributed by atoms with Crippen molar-refractivity contribution in [1.82, 2.24) is 0 Å². The van der Waals surface area contributed by atoms with Crippen LogP contribution in [0.4, 0.5) is 17.6 Å². The monoisotopic (exact) mass is 414 g/mol. The Morgan fingerprint density at radius 1 is 1.12 bits per heavy atom. The number of carboxylic acid groups (broad SMARTS) is 1. The number of rotatable bonds is 6. The Morgan fingerprint density at radius 3 is 1.96 bits per heavy atom. The highest BCUT2D eigenvalue weighted by molar-refractivity contribution is 6.55. The lowest BCUT2D eigenvalue weighted by Gasteiger charge is -2.18. The van der Waals surface area contributed by atoms with Crippen molar-refractivity contribution in [2.75, 3.05) is 7.11 Å². The number of aliphatic carboxylic acids is 1. The van der Waals surface area contributed by atoms with E-state index in [2.05, 4.69) is 4.74 Å². The molecule has 1 fully saturated rings. The van der Waals surface area contributed by atoms with Crippen molar-refractivity contribution in [2.45, 2.75) is 26.9 Å². The zero-order chi connectivity index (χ0) is 20.0. The Labute approximate surface area is 157 Å². The number of ether oxygens (including phenoxy) is 1. The van der Waals surface area contributed by atoms with E-state index in [0.29, 0.717) is 0 Å². The minimum atomic E-state index is -1.72. The van der Waals surface area contributed by atoms with Crippen LogP contribution in [0.15, 0.2) is 10.6 Å². The molecule has 1 N–H and O–H groups in total. The third-order valence-corrected chi connectivity index (χ3v) is 5.49. The van der Waals surface area contributed by atoms with E-state index in [0.717, 1.165) is 7.11 Å². The fourth-order valence-electron chi connectivity index (χ4n) is 3.62. The van der Waals surface area contributed by atoms with Crippen LogP contribution in [-0.2, 0) is 22.6 Å². The topological polar surface area (TPSA) is 46.5 Å². The molecule has 1 saturated carbocycles. The molecule has 3 nitrogen and oxygen atoms in total. The molecule has 0 aromatic heterocycles. The van der Waals surface area contributed by atoms with Gasteiger partial charge in [0.2, 0.25) is 0 Å². The highest BCUT2D eigenvalue weighted by Gasteiger charge is 2.75. The molecule has 1 aliphatic carbocycles. The first-order chi connectivity index (χ1) is 11.9. The number of allylic oxidation sites excluding steroid dienone is 1. The molecule has 2 rings (SSSR count). The fraction of sp³-hybridized carbons (Fsp3) is 0.471. The van der Waals surface area contributed by atoms with E-state index < -0.39 is 70.1 Å². The number of benzene rings is 1. The summed E-state index contributed by atoms with van der Waals surface area (Å²) in [7, 11) is 1.11. The molecule has 9 heteroatoms. The third-order valence-electron chi connectivity index (χ3n) is 5.24. The van der Waals surface area contributed by atoms with Crippen molar-refractivity contribution in [2.24, 2.45) is 16.7 Å². The number of carbonyl (C=O) groups is 1. The summed E-state index contributed by atoms with van der Waals surface area (Å²) in [6, 6.07) is 0. The van der Waals surface area contributed by atoms with Gasteiger partial charge in [-0.05, 0) is 17.9 Å². The van der Waals surface area contributed by atoms with Gasteiger partial charge in [-0.3, -0.25) is 4.79 Å². The van der Waals surface area contributed by atoms with Crippen molar-refractivity contribution in [3.05, 3.63) is 45.0 Å². The molecule has 2 atom stereocenters. The van der Waals surface area contributed by atoms with Gasteiger partial charge in [-0.2, -0.15) is 0 Å². The Morgan fingerprint density at radius 2 is 1.58 bits per heavy atom. The minimum Gasteiger partial charge on any atom is -0.481 e. The largest absolute Gasteiger partial charge is 0.481 e. The zero-order valence-electron chi connectivity index (χ0n) is 14.1. The standard InChI is InChI=1S/C17H16Cl2F4O3/c1-16(2)9(4-10(18)19)17(16,15(24)25)5-7-11(20)13(22)8(6-26-3)14(23)12(7)21/h4,9H,5-6H2,1-3H3,(H,24,25)/t9?,17-/m0/s1. The number of carboxylic acids is 1. The lowest BCUT2D eigenvalue weighted by molar-refractivity contribution is -0.145. The Kier molecular flexibility index (Phi) is 5.67. The lowest BCUT2D eigenvalue weighted by atomic mass is 9.87. The van der Waals surface area contributed by atoms with Gasteiger partial charge < -0.3 is 9.84 Å². The van der Waals surface area contributed by atoms with Crippen molar-refractivity contribution in [3.63, 3.8) is 0 Å². The molecule has 26 heavy (non-hydrogen) atoms. The first-order valence-corrected chi connectivity index (χ1v) is 8.27. The lowest BCUT2D eigenvalue weighted by Crippen LogP contribution is -2.26. The molecule has 0 aliphatic heterocycles. The smallest absolute Gasteiger partial charge is 0.311 e. The average molecular weight is 415 g/mol. The average Bonchev–Trinajstić information content (AvgIpc) is 3.01. The van der Waals surface area contributed by atoms with Gasteiger partial charge in [0.05, 0.1) is 17.6 Å². The number of hydrogen-bond donors (Lipinski definition) is 1. The van der Waals surface area contributed by atoms with Crippen molar-refractivity contribution in [3.8, 4) is 0 Å². The van der Waals surface area contributed by atoms with E-state index in [1.54, 1.807) is 13.8 Å². The molecule has 0 saturated heterocycles. The molecular weight excluding hydrogens is 399 g/mol. The summed E-state index contributed by atoms with van der Waals surface area (Å²) in [4.78, 5) is 11.9. The van der Waals surface area contributed by atoms with Gasteiger partial charge in [0.15, 0.2) is 23.3 Å². The van der Waals surface area contributed by atoms with Gasteiger partial charge in [-0.25, -0.2) is 17.6 Å². The summed E-state index contributed by atoms with van der Waals surface area (Å²) in [5, 5.41) is 9.68. The van der Waals surface area contributed by atoms with Crippen molar-refractivity contribution in [1.29, 1.82) is 0 Å². The first kappa shape index (κ1) is 21.0. The predicted molar refractivity (Wildman–Crippen MR) is 87.8 cm³/mol. The van der Waals surface area contributed by atoms with Gasteiger partial charge in [-0.1, -0.05) is 37.0 Å². The molecule has 0 bridgehead atoms. The summed E-state index contributed by atoms with van der Waals surface area (Å²) >= 11 is 11.2. The molecular formula is C17H16Cl2F4O3. The summed E-state index contributed by atoms with van der Waals surface area (Å²) in [5.74, 6) is -8.65. The summed E-state index contributed by atoms with van der Waals surface area (Å²) < 4.78 is 61.4. The van der Waals surface area contributed by atoms with Crippen LogP contribution < -0.4 is 0 Å². The summed E-state index contributed by atoms with van der Waals surface area (Å²) in [6.07, 6.45) is 0.482. The molecule has 1 aromatic rings. The van der Waals surface area contributed by atoms with Crippen LogP contribution in [0.1, 0.15) is 25.0 Å². The molecule has 0 heterocycles. The fourth-order valence-corrected chi connectivity index (χ4v) is 3.87. The van der Waals surface area contributed by atoms with E-state index >= 15 is 0 Å². The highest BCUT2D eigenvalue weighted by atomic mass is 35.5.